The summed E-state index contributed by atoms with van der Waals surface area (Å²) in [6.45, 7) is 1.54. The third-order valence-corrected chi connectivity index (χ3v) is 2.27. The van der Waals surface area contributed by atoms with Gasteiger partial charge in [0.25, 0.3) is 5.78 Å². The van der Waals surface area contributed by atoms with Gasteiger partial charge in [-0.15, -0.1) is 0 Å². The SMILES string of the molecule is CC(NC(=O)O)c1ccc(C(=O)C(F)(F)F)cc1. The van der Waals surface area contributed by atoms with Crippen LogP contribution < -0.4 is 5.32 Å². The number of nitrogens with one attached hydrogen (secondary N) is 1. The highest BCUT2D eigenvalue weighted by molar-refractivity contribution is 6.00. The molecule has 1 atom stereocenters. The Balaban J connectivity index is 2.86. The molecular weight excluding hydrogens is 251 g/mol. The van der Waals surface area contributed by atoms with Crippen LogP contribution in [0.3, 0.4) is 0 Å². The van der Waals surface area contributed by atoms with Crippen LogP contribution in [0.25, 0.3) is 0 Å². The summed E-state index contributed by atoms with van der Waals surface area (Å²) in [5.41, 5.74) is -0.00935. The number of alkyl halides is 3. The normalized spacial score (nSPS) is 12.9. The van der Waals surface area contributed by atoms with Crippen molar-refractivity contribution < 1.29 is 27.9 Å². The van der Waals surface area contributed by atoms with Crippen molar-refractivity contribution in [3.8, 4) is 0 Å². The quantitative estimate of drug-likeness (QED) is 0.822. The number of hydrogen-bond donors (Lipinski definition) is 2. The first kappa shape index (κ1) is 14.0. The maximum Gasteiger partial charge on any atom is 0.454 e. The molecule has 0 aliphatic heterocycles. The molecule has 0 fully saturated rings. The Hall–Kier alpha value is -2.05. The van der Waals surface area contributed by atoms with Gasteiger partial charge in [0, 0.05) is 5.56 Å². The number of Topliss-reactive ketones (excluding diaryl/α,β-unsaturated/α-hetero) is 1. The highest BCUT2D eigenvalue weighted by Gasteiger charge is 2.39. The number of carbonyl (C=O) groups is 2. The van der Waals surface area contributed by atoms with Crippen molar-refractivity contribution in [2.45, 2.75) is 19.1 Å². The fraction of sp³-hybridized carbons (Fsp3) is 0.273. The molecule has 0 bridgehead atoms. The van der Waals surface area contributed by atoms with Crippen molar-refractivity contribution in [3.63, 3.8) is 0 Å². The molecule has 1 amide bonds. The average Bonchev–Trinajstić information content (AvgIpc) is 2.26. The molecule has 98 valence electrons. The Labute approximate surface area is 100 Å². The van der Waals surface area contributed by atoms with Gasteiger partial charge in [0.05, 0.1) is 6.04 Å². The second-order valence-electron chi connectivity index (χ2n) is 3.62. The first-order valence-corrected chi connectivity index (χ1v) is 4.92. The van der Waals surface area contributed by atoms with Crippen LogP contribution in [0.15, 0.2) is 24.3 Å². The zero-order valence-electron chi connectivity index (χ0n) is 9.28. The Morgan fingerprint density at radius 2 is 1.72 bits per heavy atom. The van der Waals surface area contributed by atoms with E-state index in [-0.39, 0.29) is 0 Å². The molecule has 0 saturated carbocycles. The molecule has 18 heavy (non-hydrogen) atoms. The molecule has 0 aliphatic carbocycles. The molecule has 7 heteroatoms. The van der Waals surface area contributed by atoms with Crippen molar-refractivity contribution in [2.75, 3.05) is 0 Å². The zero-order chi connectivity index (χ0) is 13.9. The van der Waals surface area contributed by atoms with Gasteiger partial charge < -0.3 is 10.4 Å². The van der Waals surface area contributed by atoms with Crippen molar-refractivity contribution in [1.29, 1.82) is 0 Å². The average molecular weight is 261 g/mol. The Morgan fingerprint density at radius 1 is 1.22 bits per heavy atom. The lowest BCUT2D eigenvalue weighted by Crippen LogP contribution is -2.25. The Bertz CT molecular complexity index is 454. The standard InChI is InChI=1S/C11H10F3NO3/c1-6(15-10(17)18)7-2-4-8(5-3-7)9(16)11(12,13)14/h2-6,15H,1H3,(H,17,18). The molecule has 1 rings (SSSR count). The minimum atomic E-state index is -4.91. The molecule has 4 nitrogen and oxygen atoms in total. The van der Waals surface area contributed by atoms with Crippen molar-refractivity contribution >= 4 is 11.9 Å². The third kappa shape index (κ3) is 3.47. The molecule has 0 aromatic heterocycles. The number of carbonyl (C=O) groups excluding carboxylic acids is 1. The maximum absolute atomic E-state index is 12.1. The van der Waals surface area contributed by atoms with Gasteiger partial charge in [0.15, 0.2) is 0 Å². The number of halogens is 3. The highest BCUT2D eigenvalue weighted by Crippen LogP contribution is 2.22. The van der Waals surface area contributed by atoms with Gasteiger partial charge in [-0.25, -0.2) is 4.79 Å². The van der Waals surface area contributed by atoms with Crippen LogP contribution >= 0.6 is 0 Å². The number of benzene rings is 1. The molecule has 0 heterocycles. The lowest BCUT2D eigenvalue weighted by atomic mass is 10.0. The van der Waals surface area contributed by atoms with Crippen LogP contribution in [0.5, 0.6) is 0 Å². The van der Waals surface area contributed by atoms with E-state index in [1.165, 1.54) is 19.1 Å². The van der Waals surface area contributed by atoms with Crippen LogP contribution in [0.4, 0.5) is 18.0 Å². The van der Waals surface area contributed by atoms with Gasteiger partial charge in [-0.05, 0) is 12.5 Å². The van der Waals surface area contributed by atoms with E-state index in [9.17, 15) is 22.8 Å². The Morgan fingerprint density at radius 3 is 2.11 bits per heavy atom. The maximum atomic E-state index is 12.1. The van der Waals surface area contributed by atoms with Gasteiger partial charge in [-0.2, -0.15) is 13.2 Å². The van der Waals surface area contributed by atoms with E-state index in [1.54, 1.807) is 0 Å². The smallest absolute Gasteiger partial charge is 0.454 e. The summed E-state index contributed by atoms with van der Waals surface area (Å²) in [6, 6.07) is 4.02. The second-order valence-corrected chi connectivity index (χ2v) is 3.62. The predicted octanol–water partition coefficient (Wildman–Crippen LogP) is 2.76. The fourth-order valence-electron chi connectivity index (χ4n) is 1.36. The number of carboxylic acid groups (broad SMARTS) is 1. The lowest BCUT2D eigenvalue weighted by Gasteiger charge is -2.12. The summed E-state index contributed by atoms with van der Waals surface area (Å²) >= 11 is 0. The lowest BCUT2D eigenvalue weighted by molar-refractivity contribution is -0.0885. The number of hydrogen-bond acceptors (Lipinski definition) is 2. The predicted molar refractivity (Wildman–Crippen MR) is 56.4 cm³/mol. The fourth-order valence-corrected chi connectivity index (χ4v) is 1.36. The minimum absolute atomic E-state index is 0.469. The van der Waals surface area contributed by atoms with E-state index in [4.69, 9.17) is 5.11 Å². The number of ketones is 1. The van der Waals surface area contributed by atoms with E-state index in [2.05, 4.69) is 5.32 Å². The van der Waals surface area contributed by atoms with Crippen LogP contribution in [-0.4, -0.2) is 23.2 Å². The van der Waals surface area contributed by atoms with E-state index in [0.717, 1.165) is 12.1 Å². The van der Waals surface area contributed by atoms with Gasteiger partial charge in [0.1, 0.15) is 0 Å². The van der Waals surface area contributed by atoms with Crippen LogP contribution in [0.1, 0.15) is 28.9 Å². The van der Waals surface area contributed by atoms with Crippen LogP contribution in [-0.2, 0) is 0 Å². The minimum Gasteiger partial charge on any atom is -0.465 e. The van der Waals surface area contributed by atoms with E-state index < -0.39 is 29.7 Å². The van der Waals surface area contributed by atoms with E-state index >= 15 is 0 Å². The van der Waals surface area contributed by atoms with Gasteiger partial charge >= 0.3 is 12.3 Å². The topological polar surface area (TPSA) is 66.4 Å². The molecule has 1 aromatic rings. The highest BCUT2D eigenvalue weighted by atomic mass is 19.4. The van der Waals surface area contributed by atoms with Gasteiger partial charge in [-0.3, -0.25) is 4.79 Å². The Kier molecular flexibility index (Phi) is 3.95. The van der Waals surface area contributed by atoms with Crippen molar-refractivity contribution in [2.24, 2.45) is 0 Å². The summed E-state index contributed by atoms with van der Waals surface area (Å²) in [5, 5.41) is 10.6. The first-order valence-electron chi connectivity index (χ1n) is 4.92. The summed E-state index contributed by atoms with van der Waals surface area (Å²) in [4.78, 5) is 21.3. The van der Waals surface area contributed by atoms with Gasteiger partial charge in [-0.1, -0.05) is 24.3 Å². The number of rotatable bonds is 3. The second kappa shape index (κ2) is 5.07. The summed E-state index contributed by atoms with van der Waals surface area (Å²) in [5.74, 6) is -1.92. The first-order chi connectivity index (χ1) is 8.21. The summed E-state index contributed by atoms with van der Waals surface area (Å²) in [6.07, 6.45) is -6.15. The summed E-state index contributed by atoms with van der Waals surface area (Å²) < 4.78 is 36.4. The molecule has 1 unspecified atom stereocenters. The third-order valence-electron chi connectivity index (χ3n) is 2.27. The molecule has 0 radical (unpaired) electrons. The molecule has 1 aromatic carbocycles. The molecule has 2 N–H and O–H groups in total. The van der Waals surface area contributed by atoms with Crippen molar-refractivity contribution in [3.05, 3.63) is 35.4 Å². The monoisotopic (exact) mass is 261 g/mol. The molecule has 0 spiro atoms. The summed E-state index contributed by atoms with van der Waals surface area (Å²) in [7, 11) is 0. The molecular formula is C11H10F3NO3. The van der Waals surface area contributed by atoms with E-state index in [0.29, 0.717) is 5.56 Å². The molecule has 0 aliphatic rings. The zero-order valence-corrected chi connectivity index (χ0v) is 9.28. The van der Waals surface area contributed by atoms with Crippen LogP contribution in [0.2, 0.25) is 0 Å². The molecule has 0 saturated heterocycles. The largest absolute Gasteiger partial charge is 0.465 e. The van der Waals surface area contributed by atoms with Crippen LogP contribution in [0, 0.1) is 0 Å². The number of amides is 1. The van der Waals surface area contributed by atoms with Gasteiger partial charge in [0.2, 0.25) is 0 Å². The van der Waals surface area contributed by atoms with E-state index in [1.807, 2.05) is 0 Å². The van der Waals surface area contributed by atoms with Crippen molar-refractivity contribution in [1.82, 2.24) is 5.32 Å².